The van der Waals surface area contributed by atoms with Crippen LogP contribution < -0.4 is 10.5 Å². The molecule has 0 amide bonds. The van der Waals surface area contributed by atoms with Gasteiger partial charge in [0.25, 0.3) is 5.56 Å². The Morgan fingerprint density at radius 3 is 2.42 bits per heavy atom. The monoisotopic (exact) mass is 326 g/mol. The van der Waals surface area contributed by atoms with Gasteiger partial charge in [0.2, 0.25) is 5.95 Å². The van der Waals surface area contributed by atoms with Crippen molar-refractivity contribution >= 4 is 5.95 Å². The molecule has 1 saturated carbocycles. The van der Waals surface area contributed by atoms with Gasteiger partial charge in [0.05, 0.1) is 6.10 Å². The maximum absolute atomic E-state index is 12.0. The number of piperidine rings is 1. The Bertz CT molecular complexity index is 759. The van der Waals surface area contributed by atoms with Crippen LogP contribution in [-0.2, 0) is 6.54 Å². The van der Waals surface area contributed by atoms with Gasteiger partial charge in [0.1, 0.15) is 0 Å². The average Bonchev–Trinajstić information content (AvgIpc) is 3.42. The summed E-state index contributed by atoms with van der Waals surface area (Å²) in [7, 11) is 0. The van der Waals surface area contributed by atoms with Crippen LogP contribution in [0.5, 0.6) is 0 Å². The maximum Gasteiger partial charge on any atom is 0.250 e. The molecular weight excluding hydrogens is 304 g/mol. The molecule has 0 bridgehead atoms. The van der Waals surface area contributed by atoms with Crippen molar-refractivity contribution in [3.05, 3.63) is 41.1 Å². The van der Waals surface area contributed by atoms with Crippen LogP contribution in [0.3, 0.4) is 0 Å². The molecule has 6 heteroatoms. The highest BCUT2D eigenvalue weighted by molar-refractivity contribution is 5.60. The number of anilines is 1. The molecule has 3 heterocycles. The second kappa shape index (κ2) is 6.36. The normalized spacial score (nSPS) is 18.8. The van der Waals surface area contributed by atoms with E-state index >= 15 is 0 Å². The summed E-state index contributed by atoms with van der Waals surface area (Å²) in [4.78, 5) is 23.0. The zero-order valence-corrected chi connectivity index (χ0v) is 13.6. The summed E-state index contributed by atoms with van der Waals surface area (Å²) in [6.07, 6.45) is 9.31. The molecule has 126 valence electrons. The van der Waals surface area contributed by atoms with Crippen molar-refractivity contribution in [2.24, 2.45) is 5.92 Å². The zero-order chi connectivity index (χ0) is 16.5. The molecule has 24 heavy (non-hydrogen) atoms. The first kappa shape index (κ1) is 15.3. The van der Waals surface area contributed by atoms with E-state index in [1.54, 1.807) is 10.6 Å². The van der Waals surface area contributed by atoms with E-state index in [4.69, 9.17) is 0 Å². The fraction of sp³-hybridized carbons (Fsp3) is 0.500. The molecule has 6 nitrogen and oxygen atoms in total. The highest BCUT2D eigenvalue weighted by Gasteiger charge is 2.22. The molecule has 4 rings (SSSR count). The Morgan fingerprint density at radius 2 is 1.75 bits per heavy atom. The van der Waals surface area contributed by atoms with E-state index in [-0.39, 0.29) is 11.7 Å². The van der Waals surface area contributed by atoms with Gasteiger partial charge in [-0.15, -0.1) is 0 Å². The van der Waals surface area contributed by atoms with Crippen molar-refractivity contribution < 1.29 is 5.11 Å². The third-order valence-corrected chi connectivity index (χ3v) is 4.85. The van der Waals surface area contributed by atoms with Crippen LogP contribution in [0.4, 0.5) is 5.95 Å². The summed E-state index contributed by atoms with van der Waals surface area (Å²) in [6.45, 7) is 2.38. The number of aromatic nitrogens is 3. The van der Waals surface area contributed by atoms with E-state index in [0.29, 0.717) is 11.9 Å². The van der Waals surface area contributed by atoms with Crippen LogP contribution in [-0.4, -0.2) is 38.8 Å². The quantitative estimate of drug-likeness (QED) is 0.925. The minimum absolute atomic E-state index is 0.0510. The summed E-state index contributed by atoms with van der Waals surface area (Å²) in [6, 6.07) is 3.46. The van der Waals surface area contributed by atoms with E-state index in [0.717, 1.165) is 43.6 Å². The van der Waals surface area contributed by atoms with E-state index in [1.807, 2.05) is 24.7 Å². The molecule has 1 aliphatic heterocycles. The van der Waals surface area contributed by atoms with Crippen LogP contribution in [0.15, 0.2) is 35.5 Å². The van der Waals surface area contributed by atoms with Gasteiger partial charge in [-0.25, -0.2) is 9.97 Å². The lowest BCUT2D eigenvalue weighted by Gasteiger charge is -2.29. The summed E-state index contributed by atoms with van der Waals surface area (Å²) in [5.41, 5.74) is 1.94. The molecule has 0 spiro atoms. The van der Waals surface area contributed by atoms with Gasteiger partial charge >= 0.3 is 0 Å². The first-order valence-electron chi connectivity index (χ1n) is 8.65. The molecule has 1 aliphatic carbocycles. The van der Waals surface area contributed by atoms with Gasteiger partial charge < -0.3 is 14.6 Å². The Balaban J connectivity index is 1.53. The van der Waals surface area contributed by atoms with E-state index in [2.05, 4.69) is 14.9 Å². The van der Waals surface area contributed by atoms with Gasteiger partial charge in [-0.1, -0.05) is 0 Å². The second-order valence-corrected chi connectivity index (χ2v) is 6.84. The molecular formula is C18H22N4O2. The minimum atomic E-state index is -0.201. The van der Waals surface area contributed by atoms with Crippen molar-refractivity contribution in [3.63, 3.8) is 0 Å². The largest absolute Gasteiger partial charge is 0.393 e. The van der Waals surface area contributed by atoms with Crippen LogP contribution in [0.25, 0.3) is 11.1 Å². The summed E-state index contributed by atoms with van der Waals surface area (Å²) in [5.74, 6) is 1.36. The number of aliphatic hydroxyl groups excluding tert-OH is 1. The summed E-state index contributed by atoms with van der Waals surface area (Å²) >= 11 is 0. The van der Waals surface area contributed by atoms with Gasteiger partial charge in [-0.05, 0) is 37.7 Å². The number of nitrogens with zero attached hydrogens (tertiary/aromatic N) is 4. The summed E-state index contributed by atoms with van der Waals surface area (Å²) in [5, 5.41) is 9.59. The van der Waals surface area contributed by atoms with Crippen LogP contribution in [0.1, 0.15) is 25.7 Å². The molecule has 0 aromatic carbocycles. The first-order valence-corrected chi connectivity index (χ1v) is 8.65. The molecule has 0 unspecified atom stereocenters. The van der Waals surface area contributed by atoms with E-state index < -0.39 is 0 Å². The lowest BCUT2D eigenvalue weighted by Crippen LogP contribution is -2.36. The number of hydrogen-bond donors (Lipinski definition) is 1. The van der Waals surface area contributed by atoms with Crippen molar-refractivity contribution in [2.45, 2.75) is 38.3 Å². The van der Waals surface area contributed by atoms with Crippen molar-refractivity contribution in [3.8, 4) is 11.1 Å². The predicted molar refractivity (Wildman–Crippen MR) is 91.9 cm³/mol. The average molecular weight is 326 g/mol. The third-order valence-electron chi connectivity index (χ3n) is 4.85. The van der Waals surface area contributed by atoms with E-state index in [9.17, 15) is 9.90 Å². The number of hydrogen-bond acceptors (Lipinski definition) is 5. The lowest BCUT2D eigenvalue weighted by molar-refractivity contribution is 0.145. The van der Waals surface area contributed by atoms with Crippen molar-refractivity contribution in [1.29, 1.82) is 0 Å². The van der Waals surface area contributed by atoms with Gasteiger partial charge in [-0.2, -0.15) is 0 Å². The Labute approximate surface area is 140 Å². The third kappa shape index (κ3) is 3.33. The molecule has 2 aromatic rings. The standard InChI is InChI=1S/C18H22N4O2/c23-16-5-7-21(8-6-16)18-19-9-15(10-20-18)14-3-4-17(24)22(12-14)11-13-1-2-13/h3-4,9-10,12-13,16,23H,1-2,5-8,11H2. The van der Waals surface area contributed by atoms with Crippen molar-refractivity contribution in [2.75, 3.05) is 18.0 Å². The Morgan fingerprint density at radius 1 is 1.04 bits per heavy atom. The second-order valence-electron chi connectivity index (χ2n) is 6.84. The molecule has 1 saturated heterocycles. The predicted octanol–water partition coefficient (Wildman–Crippen LogP) is 1.68. The fourth-order valence-corrected chi connectivity index (χ4v) is 3.12. The Kier molecular flexibility index (Phi) is 4.06. The molecule has 1 N–H and O–H groups in total. The highest BCUT2D eigenvalue weighted by Crippen LogP contribution is 2.30. The lowest BCUT2D eigenvalue weighted by atomic mass is 10.1. The summed E-state index contributed by atoms with van der Waals surface area (Å²) < 4.78 is 1.80. The van der Waals surface area contributed by atoms with Crippen molar-refractivity contribution in [1.82, 2.24) is 14.5 Å². The number of aliphatic hydroxyl groups is 1. The minimum Gasteiger partial charge on any atom is -0.393 e. The molecule has 0 radical (unpaired) electrons. The van der Waals surface area contributed by atoms with Gasteiger partial charge in [0, 0.05) is 55.4 Å². The van der Waals surface area contributed by atoms with Crippen LogP contribution in [0, 0.1) is 5.92 Å². The molecule has 2 aromatic heterocycles. The van der Waals surface area contributed by atoms with Crippen LogP contribution >= 0.6 is 0 Å². The first-order chi connectivity index (χ1) is 11.7. The van der Waals surface area contributed by atoms with Gasteiger partial charge in [-0.3, -0.25) is 4.79 Å². The molecule has 2 fully saturated rings. The topological polar surface area (TPSA) is 71.2 Å². The zero-order valence-electron chi connectivity index (χ0n) is 13.6. The maximum atomic E-state index is 12.0. The smallest absolute Gasteiger partial charge is 0.250 e. The molecule has 0 atom stereocenters. The van der Waals surface area contributed by atoms with Crippen LogP contribution in [0.2, 0.25) is 0 Å². The Hall–Kier alpha value is -2.21. The highest BCUT2D eigenvalue weighted by atomic mass is 16.3. The fourth-order valence-electron chi connectivity index (χ4n) is 3.12. The van der Waals surface area contributed by atoms with E-state index in [1.165, 1.54) is 12.8 Å². The SMILES string of the molecule is O=c1ccc(-c2cnc(N3CCC(O)CC3)nc2)cn1CC1CC1. The number of pyridine rings is 1. The molecule has 2 aliphatic rings. The van der Waals surface area contributed by atoms with Gasteiger partial charge in [0.15, 0.2) is 0 Å². The number of rotatable bonds is 4.